The monoisotopic (exact) mass is 367 g/mol. The molecule has 3 rings (SSSR count). The highest BCUT2D eigenvalue weighted by molar-refractivity contribution is 7.10. The van der Waals surface area contributed by atoms with E-state index in [0.29, 0.717) is 0 Å². The van der Waals surface area contributed by atoms with Crippen LogP contribution in [0.4, 0.5) is 4.39 Å². The molecule has 0 aliphatic heterocycles. The van der Waals surface area contributed by atoms with Crippen LogP contribution in [0.15, 0.2) is 46.6 Å². The molecule has 1 N–H and O–H groups in total. The summed E-state index contributed by atoms with van der Waals surface area (Å²) in [5.41, 5.74) is -1.50. The van der Waals surface area contributed by atoms with E-state index in [-0.39, 0.29) is 16.8 Å². The van der Waals surface area contributed by atoms with Crippen LogP contribution in [0.1, 0.15) is 26.5 Å². The van der Waals surface area contributed by atoms with Gasteiger partial charge in [-0.2, -0.15) is 15.0 Å². The summed E-state index contributed by atoms with van der Waals surface area (Å²) in [6.45, 7) is 0. The molecule has 0 saturated carbocycles. The van der Waals surface area contributed by atoms with Crippen molar-refractivity contribution in [3.63, 3.8) is 0 Å². The summed E-state index contributed by atoms with van der Waals surface area (Å²) in [4.78, 5) is 25.1. The number of hydrogen-bond donors (Lipinski definition) is 1. The highest BCUT2D eigenvalue weighted by Gasteiger charge is 2.21. The SMILES string of the molecule is N#Cc1c(/C=C/c2cccs2)c(C(=O)O)nn(-c2ccc(F)cc2)c1=O. The van der Waals surface area contributed by atoms with Crippen LogP contribution in [0.25, 0.3) is 17.8 Å². The van der Waals surface area contributed by atoms with E-state index >= 15 is 0 Å². The highest BCUT2D eigenvalue weighted by Crippen LogP contribution is 2.18. The molecule has 0 aliphatic rings. The third kappa shape index (κ3) is 3.29. The second kappa shape index (κ2) is 7.13. The summed E-state index contributed by atoms with van der Waals surface area (Å²) < 4.78 is 13.9. The minimum absolute atomic E-state index is 0.0724. The molecule has 0 atom stereocenters. The van der Waals surface area contributed by atoms with Gasteiger partial charge in [-0.3, -0.25) is 4.79 Å². The van der Waals surface area contributed by atoms with E-state index in [4.69, 9.17) is 0 Å². The summed E-state index contributed by atoms with van der Waals surface area (Å²) in [7, 11) is 0. The third-order valence-corrected chi connectivity index (χ3v) is 4.31. The van der Waals surface area contributed by atoms with E-state index in [9.17, 15) is 24.3 Å². The highest BCUT2D eigenvalue weighted by atomic mass is 32.1. The van der Waals surface area contributed by atoms with E-state index in [1.807, 2.05) is 11.4 Å². The van der Waals surface area contributed by atoms with Gasteiger partial charge in [-0.05, 0) is 47.9 Å². The van der Waals surface area contributed by atoms with Crippen molar-refractivity contribution < 1.29 is 14.3 Å². The standard InChI is InChI=1S/C18H10FN3O3S/c19-11-3-5-12(6-4-11)22-17(23)15(10-20)14(16(21-22)18(24)25)8-7-13-2-1-9-26-13/h1-9H,(H,24,25)/b8-7+. The molecule has 0 unspecified atom stereocenters. The second-order valence-electron chi connectivity index (χ2n) is 5.10. The number of nitrogens with zero attached hydrogens (tertiary/aromatic N) is 3. The van der Waals surface area contributed by atoms with Gasteiger partial charge in [-0.25, -0.2) is 9.18 Å². The molecule has 2 heterocycles. The number of nitriles is 1. The van der Waals surface area contributed by atoms with Crippen molar-refractivity contribution in [3.8, 4) is 11.8 Å². The lowest BCUT2D eigenvalue weighted by Gasteiger charge is -2.09. The topological polar surface area (TPSA) is 96.0 Å². The Morgan fingerprint density at radius 2 is 2.00 bits per heavy atom. The van der Waals surface area contributed by atoms with Gasteiger partial charge in [0, 0.05) is 10.4 Å². The molecule has 0 spiro atoms. The van der Waals surface area contributed by atoms with Gasteiger partial charge in [0.2, 0.25) is 0 Å². The number of aromatic nitrogens is 2. The van der Waals surface area contributed by atoms with Crippen molar-refractivity contribution in [1.29, 1.82) is 5.26 Å². The van der Waals surface area contributed by atoms with E-state index in [2.05, 4.69) is 5.10 Å². The first-order chi connectivity index (χ1) is 12.5. The fourth-order valence-electron chi connectivity index (χ4n) is 2.28. The minimum atomic E-state index is -1.39. The van der Waals surface area contributed by atoms with Crippen molar-refractivity contribution in [2.45, 2.75) is 0 Å². The molecule has 0 amide bonds. The zero-order chi connectivity index (χ0) is 18.7. The molecule has 8 heteroatoms. The number of halogens is 1. The second-order valence-corrected chi connectivity index (χ2v) is 6.08. The summed E-state index contributed by atoms with van der Waals surface area (Å²) >= 11 is 1.42. The van der Waals surface area contributed by atoms with E-state index in [1.54, 1.807) is 18.2 Å². The van der Waals surface area contributed by atoms with Crippen LogP contribution in [-0.2, 0) is 0 Å². The maximum atomic E-state index is 13.1. The molecule has 0 saturated heterocycles. The number of carbonyl (C=O) groups is 1. The lowest BCUT2D eigenvalue weighted by Crippen LogP contribution is -2.28. The molecule has 3 aromatic rings. The van der Waals surface area contributed by atoms with Gasteiger partial charge in [-0.15, -0.1) is 11.3 Å². The van der Waals surface area contributed by atoms with Crippen molar-refractivity contribution in [1.82, 2.24) is 9.78 Å². The Bertz CT molecular complexity index is 1090. The average Bonchev–Trinajstić information content (AvgIpc) is 3.14. The van der Waals surface area contributed by atoms with Crippen molar-refractivity contribution in [2.75, 3.05) is 0 Å². The molecule has 6 nitrogen and oxygen atoms in total. The summed E-state index contributed by atoms with van der Waals surface area (Å²) in [6, 6.07) is 10.2. The number of benzene rings is 1. The summed E-state index contributed by atoms with van der Waals surface area (Å²) in [5.74, 6) is -1.90. The first-order valence-corrected chi connectivity index (χ1v) is 8.17. The molecule has 2 aromatic heterocycles. The predicted octanol–water partition coefficient (Wildman–Crippen LogP) is 3.17. The number of carboxylic acids is 1. The van der Waals surface area contributed by atoms with Gasteiger partial charge in [0.25, 0.3) is 5.56 Å². The lowest BCUT2D eigenvalue weighted by atomic mass is 10.1. The molecule has 128 valence electrons. The van der Waals surface area contributed by atoms with Gasteiger partial charge >= 0.3 is 5.97 Å². The van der Waals surface area contributed by atoms with Crippen molar-refractivity contribution >= 4 is 29.5 Å². The Morgan fingerprint density at radius 3 is 2.58 bits per heavy atom. The normalized spacial score (nSPS) is 10.8. The predicted molar refractivity (Wildman–Crippen MR) is 94.7 cm³/mol. The van der Waals surface area contributed by atoms with Crippen molar-refractivity contribution in [3.05, 3.63) is 79.6 Å². The van der Waals surface area contributed by atoms with Gasteiger partial charge in [0.05, 0.1) is 5.69 Å². The van der Waals surface area contributed by atoms with Gasteiger partial charge in [0.1, 0.15) is 17.4 Å². The number of rotatable bonds is 4. The largest absolute Gasteiger partial charge is 0.476 e. The summed E-state index contributed by atoms with van der Waals surface area (Å²) in [6.07, 6.45) is 2.99. The molecule has 1 aromatic carbocycles. The third-order valence-electron chi connectivity index (χ3n) is 3.47. The van der Waals surface area contributed by atoms with Crippen LogP contribution >= 0.6 is 11.3 Å². The quantitative estimate of drug-likeness (QED) is 0.764. The molecule has 0 radical (unpaired) electrons. The van der Waals surface area contributed by atoms with Crippen LogP contribution in [0.2, 0.25) is 0 Å². The Kier molecular flexibility index (Phi) is 4.73. The van der Waals surface area contributed by atoms with Crippen LogP contribution in [0.3, 0.4) is 0 Å². The molecule has 26 heavy (non-hydrogen) atoms. The average molecular weight is 367 g/mol. The van der Waals surface area contributed by atoms with Crippen LogP contribution in [0.5, 0.6) is 0 Å². The van der Waals surface area contributed by atoms with E-state index < -0.39 is 23.0 Å². The zero-order valence-electron chi connectivity index (χ0n) is 13.1. The lowest BCUT2D eigenvalue weighted by molar-refractivity contribution is 0.0688. The Balaban J connectivity index is 2.24. The van der Waals surface area contributed by atoms with E-state index in [0.717, 1.165) is 21.7 Å². The molecule has 0 bridgehead atoms. The molecular formula is C18H10FN3O3S. The molecule has 0 fully saturated rings. The fraction of sp³-hybridized carbons (Fsp3) is 0. The van der Waals surface area contributed by atoms with E-state index in [1.165, 1.54) is 29.5 Å². The van der Waals surface area contributed by atoms with Crippen LogP contribution < -0.4 is 5.56 Å². The number of thiophene rings is 1. The van der Waals surface area contributed by atoms with Gasteiger partial charge in [0.15, 0.2) is 5.69 Å². The first kappa shape index (κ1) is 17.3. The van der Waals surface area contributed by atoms with Gasteiger partial charge < -0.3 is 5.11 Å². The maximum absolute atomic E-state index is 13.1. The first-order valence-electron chi connectivity index (χ1n) is 7.29. The number of hydrogen-bond acceptors (Lipinski definition) is 5. The zero-order valence-corrected chi connectivity index (χ0v) is 13.9. The summed E-state index contributed by atoms with van der Waals surface area (Å²) in [5, 5.41) is 24.6. The molecular weight excluding hydrogens is 357 g/mol. The van der Waals surface area contributed by atoms with Crippen LogP contribution in [-0.4, -0.2) is 20.9 Å². The van der Waals surface area contributed by atoms with Crippen molar-refractivity contribution in [2.24, 2.45) is 0 Å². The Morgan fingerprint density at radius 1 is 1.27 bits per heavy atom. The maximum Gasteiger partial charge on any atom is 0.357 e. The number of aromatic carboxylic acids is 1. The van der Waals surface area contributed by atoms with Gasteiger partial charge in [-0.1, -0.05) is 6.07 Å². The number of carboxylic acid groups (broad SMARTS) is 1. The minimum Gasteiger partial charge on any atom is -0.476 e. The van der Waals surface area contributed by atoms with Crippen LogP contribution in [0, 0.1) is 17.1 Å². The smallest absolute Gasteiger partial charge is 0.357 e. The Labute approximate surface area is 150 Å². The molecule has 0 aliphatic carbocycles. The fourth-order valence-corrected chi connectivity index (χ4v) is 2.89. The Hall–Kier alpha value is -3.57.